The summed E-state index contributed by atoms with van der Waals surface area (Å²) in [4.78, 5) is 12.7. The number of halogens is 1. The number of amides is 1. The minimum absolute atomic E-state index is 0. The van der Waals surface area contributed by atoms with Crippen LogP contribution in [0.5, 0.6) is 0 Å². The van der Waals surface area contributed by atoms with Crippen LogP contribution >= 0.6 is 12.4 Å². The van der Waals surface area contributed by atoms with Gasteiger partial charge in [-0.1, -0.05) is 24.3 Å². The Labute approximate surface area is 157 Å². The van der Waals surface area contributed by atoms with E-state index in [-0.39, 0.29) is 29.6 Å². The molecule has 2 aliphatic rings. The fraction of sp³-hybridized carbons (Fsp3) is 0.650. The maximum atomic E-state index is 12.7. The lowest BCUT2D eigenvalue weighted by molar-refractivity contribution is -0.126. The van der Waals surface area contributed by atoms with Crippen molar-refractivity contribution < 1.29 is 9.53 Å². The number of aryl methyl sites for hydroxylation is 1. The van der Waals surface area contributed by atoms with Crippen LogP contribution in [0.4, 0.5) is 0 Å². The molecule has 5 heteroatoms. The van der Waals surface area contributed by atoms with Crippen LogP contribution in [0.15, 0.2) is 24.3 Å². The zero-order chi connectivity index (χ0) is 17.0. The van der Waals surface area contributed by atoms with E-state index < -0.39 is 0 Å². The van der Waals surface area contributed by atoms with Crippen LogP contribution in [0.2, 0.25) is 0 Å². The Kier molecular flexibility index (Phi) is 7.29. The van der Waals surface area contributed by atoms with Gasteiger partial charge in [-0.05, 0) is 57.2 Å². The molecule has 2 fully saturated rings. The van der Waals surface area contributed by atoms with Crippen molar-refractivity contribution in [3.8, 4) is 0 Å². The van der Waals surface area contributed by atoms with Crippen molar-refractivity contribution in [2.75, 3.05) is 26.3 Å². The first-order valence-corrected chi connectivity index (χ1v) is 9.26. The highest BCUT2D eigenvalue weighted by atomic mass is 35.5. The molecule has 0 aromatic heterocycles. The zero-order valence-electron chi connectivity index (χ0n) is 15.3. The summed E-state index contributed by atoms with van der Waals surface area (Å²) in [5.41, 5.74) is 2.69. The lowest BCUT2D eigenvalue weighted by atomic mass is 9.72. The van der Waals surface area contributed by atoms with E-state index in [1.807, 2.05) is 0 Å². The van der Waals surface area contributed by atoms with Gasteiger partial charge in [-0.25, -0.2) is 0 Å². The molecule has 1 aromatic carbocycles. The number of piperidine rings is 1. The average molecular weight is 367 g/mol. The fourth-order valence-corrected chi connectivity index (χ4v) is 4.24. The molecule has 1 amide bonds. The van der Waals surface area contributed by atoms with Crippen molar-refractivity contribution in [2.45, 2.75) is 51.0 Å². The van der Waals surface area contributed by atoms with Crippen LogP contribution in [-0.2, 0) is 14.9 Å². The van der Waals surface area contributed by atoms with E-state index in [0.717, 1.165) is 52.0 Å². The molecular formula is C20H31ClN2O2. The maximum absolute atomic E-state index is 12.7. The van der Waals surface area contributed by atoms with Gasteiger partial charge in [-0.3, -0.25) is 4.79 Å². The topological polar surface area (TPSA) is 50.4 Å². The van der Waals surface area contributed by atoms with Gasteiger partial charge < -0.3 is 15.4 Å². The minimum atomic E-state index is 0. The summed E-state index contributed by atoms with van der Waals surface area (Å²) in [6.07, 6.45) is 3.82. The molecule has 25 heavy (non-hydrogen) atoms. The van der Waals surface area contributed by atoms with Gasteiger partial charge in [0.25, 0.3) is 0 Å². The molecule has 0 saturated carbocycles. The quantitative estimate of drug-likeness (QED) is 0.861. The summed E-state index contributed by atoms with van der Waals surface area (Å²) >= 11 is 0. The third-order valence-electron chi connectivity index (χ3n) is 5.76. The van der Waals surface area contributed by atoms with Crippen molar-refractivity contribution in [3.63, 3.8) is 0 Å². The van der Waals surface area contributed by atoms with E-state index in [2.05, 4.69) is 48.7 Å². The van der Waals surface area contributed by atoms with Crippen LogP contribution in [0.25, 0.3) is 0 Å². The molecule has 140 valence electrons. The largest absolute Gasteiger partial charge is 0.381 e. The van der Waals surface area contributed by atoms with E-state index in [0.29, 0.717) is 6.04 Å². The van der Waals surface area contributed by atoms with Crippen LogP contribution < -0.4 is 10.6 Å². The van der Waals surface area contributed by atoms with Crippen molar-refractivity contribution >= 4 is 18.3 Å². The molecule has 2 N–H and O–H groups in total. The Morgan fingerprint density at radius 1 is 1.32 bits per heavy atom. The third kappa shape index (κ3) is 4.75. The second kappa shape index (κ2) is 9.02. The first-order chi connectivity index (χ1) is 11.6. The Bertz CT molecular complexity index is 573. The fourth-order valence-electron chi connectivity index (χ4n) is 4.24. The summed E-state index contributed by atoms with van der Waals surface area (Å²) in [7, 11) is 0. The lowest BCUT2D eigenvalue weighted by Crippen LogP contribution is -2.48. The summed E-state index contributed by atoms with van der Waals surface area (Å²) in [6, 6.07) is 9.02. The Hall–Kier alpha value is -1.10. The molecule has 0 radical (unpaired) electrons. The highest BCUT2D eigenvalue weighted by Gasteiger charge is 2.36. The molecule has 0 aliphatic carbocycles. The zero-order valence-corrected chi connectivity index (χ0v) is 16.2. The summed E-state index contributed by atoms with van der Waals surface area (Å²) in [5.74, 6) is 0.373. The number of nitrogens with one attached hydrogen (secondary N) is 2. The van der Waals surface area contributed by atoms with Gasteiger partial charge in [-0.2, -0.15) is 0 Å². The molecule has 0 spiro atoms. The van der Waals surface area contributed by atoms with Crippen molar-refractivity contribution in [3.05, 3.63) is 35.4 Å². The molecule has 2 saturated heterocycles. The predicted octanol–water partition coefficient (Wildman–Crippen LogP) is 2.97. The highest BCUT2D eigenvalue weighted by molar-refractivity contribution is 5.85. The molecule has 0 unspecified atom stereocenters. The third-order valence-corrected chi connectivity index (χ3v) is 5.76. The predicted molar refractivity (Wildman–Crippen MR) is 103 cm³/mol. The molecule has 0 bridgehead atoms. The van der Waals surface area contributed by atoms with Gasteiger partial charge in [0.1, 0.15) is 0 Å². The Morgan fingerprint density at radius 2 is 2.04 bits per heavy atom. The number of carbonyl (C=O) groups excluding carboxylic acids is 1. The minimum Gasteiger partial charge on any atom is -0.381 e. The monoisotopic (exact) mass is 366 g/mol. The van der Waals surface area contributed by atoms with Crippen LogP contribution in [-0.4, -0.2) is 38.3 Å². The van der Waals surface area contributed by atoms with Gasteiger partial charge in [-0.15, -0.1) is 12.4 Å². The second-order valence-corrected chi connectivity index (χ2v) is 7.50. The van der Waals surface area contributed by atoms with Gasteiger partial charge in [0.05, 0.1) is 0 Å². The van der Waals surface area contributed by atoms with Gasteiger partial charge >= 0.3 is 0 Å². The summed E-state index contributed by atoms with van der Waals surface area (Å²) in [5, 5.41) is 6.70. The molecule has 2 heterocycles. The van der Waals surface area contributed by atoms with Gasteiger partial charge in [0, 0.05) is 37.1 Å². The summed E-state index contributed by atoms with van der Waals surface area (Å²) < 4.78 is 5.60. The van der Waals surface area contributed by atoms with E-state index in [1.165, 1.54) is 11.1 Å². The molecule has 2 atom stereocenters. The van der Waals surface area contributed by atoms with E-state index >= 15 is 0 Å². The first-order valence-electron chi connectivity index (χ1n) is 9.26. The second-order valence-electron chi connectivity index (χ2n) is 7.50. The van der Waals surface area contributed by atoms with Crippen molar-refractivity contribution in [2.24, 2.45) is 5.92 Å². The van der Waals surface area contributed by atoms with Crippen LogP contribution in [0, 0.1) is 12.8 Å². The van der Waals surface area contributed by atoms with Gasteiger partial charge in [0.2, 0.25) is 5.91 Å². The maximum Gasteiger partial charge on any atom is 0.223 e. The molecule has 4 nitrogen and oxygen atoms in total. The van der Waals surface area contributed by atoms with E-state index in [9.17, 15) is 4.79 Å². The number of ether oxygens (including phenoxy) is 1. The number of benzene rings is 1. The Balaban J connectivity index is 0.00000225. The van der Waals surface area contributed by atoms with Crippen molar-refractivity contribution in [1.82, 2.24) is 10.6 Å². The van der Waals surface area contributed by atoms with E-state index in [4.69, 9.17) is 4.74 Å². The number of hydrogen-bond acceptors (Lipinski definition) is 3. The normalized spacial score (nSPS) is 25.7. The Morgan fingerprint density at radius 3 is 2.72 bits per heavy atom. The molecule has 3 rings (SSSR count). The molecular weight excluding hydrogens is 336 g/mol. The van der Waals surface area contributed by atoms with Crippen LogP contribution in [0.3, 0.4) is 0 Å². The average Bonchev–Trinajstić information content (AvgIpc) is 2.61. The van der Waals surface area contributed by atoms with Gasteiger partial charge in [0.15, 0.2) is 0 Å². The molecule has 2 aliphatic heterocycles. The number of carbonyl (C=O) groups is 1. The number of rotatable bonds is 4. The summed E-state index contributed by atoms with van der Waals surface area (Å²) in [6.45, 7) is 7.53. The van der Waals surface area contributed by atoms with Crippen molar-refractivity contribution in [1.29, 1.82) is 0 Å². The standard InChI is InChI=1S/C20H30N2O2.ClH/c1-15-5-3-4-6-18(15)20(8-11-24-12-9-20)14-22-19(23)17-7-10-21-16(2)13-17;/h3-6,16-17,21H,7-14H2,1-2H3,(H,22,23);1H/t16-,17-;/m0./s1. The van der Waals surface area contributed by atoms with E-state index in [1.54, 1.807) is 0 Å². The van der Waals surface area contributed by atoms with Crippen LogP contribution in [0.1, 0.15) is 43.7 Å². The molecule has 1 aromatic rings. The SMILES string of the molecule is Cc1ccccc1C1(CNC(=O)[C@H]2CCN[C@@H](C)C2)CCOCC1.Cl. The smallest absolute Gasteiger partial charge is 0.223 e. The number of hydrogen-bond donors (Lipinski definition) is 2. The lowest BCUT2D eigenvalue weighted by Gasteiger charge is -2.39. The highest BCUT2D eigenvalue weighted by Crippen LogP contribution is 2.36. The first kappa shape index (κ1) is 20.2.